The zero-order chi connectivity index (χ0) is 10.3. The molecule has 0 aliphatic rings. The summed E-state index contributed by atoms with van der Waals surface area (Å²) in [4.78, 5) is 16.9. The summed E-state index contributed by atoms with van der Waals surface area (Å²) in [7, 11) is -7.42. The number of unbranched alkanes of at least 4 members (excludes halogenated alkanes) is 2. The van der Waals surface area contributed by atoms with Gasteiger partial charge >= 0.3 is 16.1 Å². The molecule has 2 unspecified atom stereocenters. The van der Waals surface area contributed by atoms with Gasteiger partial charge in [-0.3, -0.25) is 9.42 Å². The highest BCUT2D eigenvalue weighted by Crippen LogP contribution is 2.50. The molecule has 0 spiro atoms. The van der Waals surface area contributed by atoms with Crippen molar-refractivity contribution in [1.29, 1.82) is 0 Å². The predicted molar refractivity (Wildman–Crippen MR) is 46.2 cm³/mol. The van der Waals surface area contributed by atoms with E-state index >= 15 is 0 Å². The molecule has 6 nitrogen and oxygen atoms in total. The van der Waals surface area contributed by atoms with Crippen molar-refractivity contribution in [3.63, 3.8) is 0 Å². The molecular weight excluding hydrogens is 218 g/mol. The zero-order valence-corrected chi connectivity index (χ0v) is 9.04. The molecule has 8 heteroatoms. The van der Waals surface area contributed by atoms with Gasteiger partial charge in [0.05, 0.1) is 6.61 Å². The first-order valence-electron chi connectivity index (χ1n) is 3.81. The predicted octanol–water partition coefficient (Wildman–Crippen LogP) is 1.96. The molecule has 0 amide bonds. The maximum atomic E-state index is 10.8. The van der Waals surface area contributed by atoms with E-state index in [1.807, 2.05) is 6.92 Å². The first-order chi connectivity index (χ1) is 5.98. The molecule has 78 valence electrons. The first-order valence-corrected chi connectivity index (χ1v) is 6.43. The summed E-state index contributed by atoms with van der Waals surface area (Å²) in [6.07, 6.45) is 2.44. The van der Waals surface area contributed by atoms with Crippen molar-refractivity contribution >= 4 is 16.1 Å². The molecule has 2 atom stereocenters. The Hall–Kier alpha value is 0.170. The lowest BCUT2D eigenvalue weighted by Crippen LogP contribution is -1.93. The third-order valence-corrected chi connectivity index (χ3v) is 3.07. The molecule has 13 heavy (non-hydrogen) atoms. The second-order valence-corrected chi connectivity index (χ2v) is 4.65. The summed E-state index contributed by atoms with van der Waals surface area (Å²) >= 11 is 0. The van der Waals surface area contributed by atoms with Crippen molar-refractivity contribution in [2.24, 2.45) is 0 Å². The van der Waals surface area contributed by atoms with E-state index < -0.39 is 16.1 Å². The molecule has 2 N–H and O–H groups in total. The van der Waals surface area contributed by atoms with Gasteiger partial charge in [0.1, 0.15) is 0 Å². The Morgan fingerprint density at radius 2 is 2.08 bits per heavy atom. The molecule has 0 saturated heterocycles. The van der Waals surface area contributed by atoms with Crippen LogP contribution < -0.4 is 0 Å². The van der Waals surface area contributed by atoms with Crippen LogP contribution in [0.5, 0.6) is 0 Å². The van der Waals surface area contributed by atoms with Gasteiger partial charge in [0, 0.05) is 4.57 Å². The second-order valence-electron chi connectivity index (χ2n) is 2.33. The lowest BCUT2D eigenvalue weighted by Gasteiger charge is -2.03. The van der Waals surface area contributed by atoms with Crippen LogP contribution in [0, 0.1) is 0 Å². The molecule has 0 aliphatic carbocycles. The summed E-state index contributed by atoms with van der Waals surface area (Å²) in [6.45, 7) is 2.02. The third-order valence-electron chi connectivity index (χ3n) is 1.18. The molecule has 0 saturated carbocycles. The Kier molecular flexibility index (Phi) is 6.68. The Bertz CT molecular complexity index is 205. The average molecular weight is 231 g/mol. The highest BCUT2D eigenvalue weighted by atomic mass is 31.2. The van der Waals surface area contributed by atoms with Crippen LogP contribution in [0.3, 0.4) is 0 Å². The SMILES string of the molecule is CCCCCOP(=O)(O)O[P+](=O)O. The number of hydrogen-bond acceptors (Lipinski definition) is 4. The summed E-state index contributed by atoms with van der Waals surface area (Å²) in [5, 5.41) is 0. The molecule has 0 aromatic rings. The van der Waals surface area contributed by atoms with Gasteiger partial charge in [-0.1, -0.05) is 19.8 Å². The molecule has 0 bridgehead atoms. The molecule has 0 radical (unpaired) electrons. The molecule has 0 aromatic heterocycles. The summed E-state index contributed by atoms with van der Waals surface area (Å²) in [5.41, 5.74) is 0. The normalized spacial score (nSPS) is 16.7. The molecule has 0 rings (SSSR count). The Balaban J connectivity index is 3.63. The van der Waals surface area contributed by atoms with E-state index in [2.05, 4.69) is 8.83 Å². The molecule has 0 aromatic carbocycles. The van der Waals surface area contributed by atoms with Crippen molar-refractivity contribution in [1.82, 2.24) is 0 Å². The van der Waals surface area contributed by atoms with E-state index in [1.54, 1.807) is 0 Å². The Morgan fingerprint density at radius 3 is 2.54 bits per heavy atom. The van der Waals surface area contributed by atoms with Crippen molar-refractivity contribution in [3.8, 4) is 0 Å². The van der Waals surface area contributed by atoms with Crippen molar-refractivity contribution in [3.05, 3.63) is 0 Å². The maximum Gasteiger partial charge on any atom is 0.705 e. The fraction of sp³-hybridized carbons (Fsp3) is 1.00. The minimum Gasteiger partial charge on any atom is -0.300 e. The minimum absolute atomic E-state index is 0.0464. The van der Waals surface area contributed by atoms with Crippen LogP contribution in [0.1, 0.15) is 26.2 Å². The van der Waals surface area contributed by atoms with E-state index in [0.29, 0.717) is 6.42 Å². The minimum atomic E-state index is -4.32. The van der Waals surface area contributed by atoms with Crippen LogP contribution in [-0.4, -0.2) is 16.4 Å². The summed E-state index contributed by atoms with van der Waals surface area (Å²) in [6, 6.07) is 0. The average Bonchev–Trinajstić information content (AvgIpc) is 1.95. The molecule has 0 heterocycles. The molecular formula is C5H13O6P2+. The molecule has 0 aliphatic heterocycles. The quantitative estimate of drug-likeness (QED) is 0.513. The summed E-state index contributed by atoms with van der Waals surface area (Å²) < 4.78 is 28.9. The fourth-order valence-electron chi connectivity index (χ4n) is 0.644. The number of hydrogen-bond donors (Lipinski definition) is 2. The fourth-order valence-corrected chi connectivity index (χ4v) is 1.90. The Labute approximate surface area is 77.4 Å². The number of phosphoric acid groups is 1. The standard InChI is InChI=1S/C5H12O6P2/c1-2-3-4-5-10-13(8,9)11-12(6)7/h2-5H2,1H3,(H-,6,7,8,9)/p+1. The lowest BCUT2D eigenvalue weighted by molar-refractivity contribution is 0.197. The van der Waals surface area contributed by atoms with Crippen molar-refractivity contribution < 1.29 is 27.8 Å². The van der Waals surface area contributed by atoms with Gasteiger partial charge in [-0.2, -0.15) is 0 Å². The van der Waals surface area contributed by atoms with Crippen LogP contribution in [0.25, 0.3) is 0 Å². The van der Waals surface area contributed by atoms with Crippen LogP contribution in [0.15, 0.2) is 0 Å². The lowest BCUT2D eigenvalue weighted by atomic mass is 10.3. The van der Waals surface area contributed by atoms with Gasteiger partial charge in [0.15, 0.2) is 0 Å². The second kappa shape index (κ2) is 6.60. The van der Waals surface area contributed by atoms with Gasteiger partial charge < -0.3 is 0 Å². The zero-order valence-electron chi connectivity index (χ0n) is 7.25. The van der Waals surface area contributed by atoms with Gasteiger partial charge in [-0.05, 0) is 10.7 Å². The number of phosphoric ester groups is 1. The van der Waals surface area contributed by atoms with Crippen LogP contribution in [0.2, 0.25) is 0 Å². The van der Waals surface area contributed by atoms with E-state index in [9.17, 15) is 9.13 Å². The van der Waals surface area contributed by atoms with Gasteiger partial charge in [0.25, 0.3) is 0 Å². The van der Waals surface area contributed by atoms with Gasteiger partial charge in [0.2, 0.25) is 0 Å². The third kappa shape index (κ3) is 8.50. The smallest absolute Gasteiger partial charge is 0.300 e. The Morgan fingerprint density at radius 1 is 1.46 bits per heavy atom. The number of rotatable bonds is 7. The highest BCUT2D eigenvalue weighted by Gasteiger charge is 2.34. The first kappa shape index (κ1) is 13.2. The topological polar surface area (TPSA) is 93.1 Å². The molecule has 0 fully saturated rings. The van der Waals surface area contributed by atoms with Gasteiger partial charge in [-0.15, -0.1) is 4.89 Å². The van der Waals surface area contributed by atoms with Gasteiger partial charge in [-0.25, -0.2) is 4.57 Å². The maximum absolute atomic E-state index is 10.8. The monoisotopic (exact) mass is 231 g/mol. The highest BCUT2D eigenvalue weighted by molar-refractivity contribution is 7.55. The van der Waals surface area contributed by atoms with Crippen LogP contribution >= 0.6 is 16.1 Å². The van der Waals surface area contributed by atoms with E-state index in [-0.39, 0.29) is 6.61 Å². The van der Waals surface area contributed by atoms with Crippen molar-refractivity contribution in [2.75, 3.05) is 6.61 Å². The largest absolute Gasteiger partial charge is 0.705 e. The van der Waals surface area contributed by atoms with Crippen LogP contribution in [0.4, 0.5) is 0 Å². The van der Waals surface area contributed by atoms with E-state index in [4.69, 9.17) is 9.79 Å². The van der Waals surface area contributed by atoms with E-state index in [1.165, 1.54) is 0 Å². The van der Waals surface area contributed by atoms with Crippen LogP contribution in [-0.2, 0) is 18.0 Å². The van der Waals surface area contributed by atoms with Crippen molar-refractivity contribution in [2.45, 2.75) is 26.2 Å². The van der Waals surface area contributed by atoms with E-state index in [0.717, 1.165) is 12.8 Å². The summed E-state index contributed by atoms with van der Waals surface area (Å²) in [5.74, 6) is 0.